The van der Waals surface area contributed by atoms with Crippen molar-refractivity contribution in [2.24, 2.45) is 0 Å². The molecule has 0 unspecified atom stereocenters. The molecule has 1 fully saturated rings. The second-order valence-electron chi connectivity index (χ2n) is 4.76. The van der Waals surface area contributed by atoms with Gasteiger partial charge >= 0.3 is 0 Å². The van der Waals surface area contributed by atoms with E-state index < -0.39 is 9.84 Å². The quantitative estimate of drug-likeness (QED) is 0.886. The highest BCUT2D eigenvalue weighted by molar-refractivity contribution is 7.91. The number of pyridine rings is 1. The third-order valence-electron chi connectivity index (χ3n) is 3.23. The molecule has 1 aromatic rings. The molecule has 0 aromatic carbocycles. The van der Waals surface area contributed by atoms with Crippen LogP contribution in [0, 0.1) is 0 Å². The zero-order valence-corrected chi connectivity index (χ0v) is 12.1. The molecule has 106 valence electrons. The van der Waals surface area contributed by atoms with E-state index >= 15 is 0 Å². The van der Waals surface area contributed by atoms with E-state index in [1.165, 1.54) is 0 Å². The minimum atomic E-state index is -2.87. The highest BCUT2D eigenvalue weighted by Gasteiger charge is 2.19. The third kappa shape index (κ3) is 4.18. The Balaban J connectivity index is 2.08. The first-order chi connectivity index (χ1) is 9.11. The third-order valence-corrected chi connectivity index (χ3v) is 4.94. The molecule has 5 nitrogen and oxygen atoms in total. The lowest BCUT2D eigenvalue weighted by Crippen LogP contribution is -2.28. The van der Waals surface area contributed by atoms with Crippen molar-refractivity contribution in [3.8, 4) is 0 Å². The molecule has 1 N–H and O–H groups in total. The average molecular weight is 283 g/mol. The fraction of sp³-hybridized carbons (Fsp3) is 0.615. The smallest absolute Gasteiger partial charge is 0.152 e. The van der Waals surface area contributed by atoms with Crippen LogP contribution in [0.4, 0.5) is 5.82 Å². The summed E-state index contributed by atoms with van der Waals surface area (Å²) < 4.78 is 23.2. The summed E-state index contributed by atoms with van der Waals surface area (Å²) in [4.78, 5) is 6.66. The van der Waals surface area contributed by atoms with Crippen molar-refractivity contribution in [3.63, 3.8) is 0 Å². The van der Waals surface area contributed by atoms with Gasteiger partial charge in [0.1, 0.15) is 5.82 Å². The number of sulfone groups is 1. The summed E-state index contributed by atoms with van der Waals surface area (Å²) in [6.07, 6.45) is 0.682. The Morgan fingerprint density at radius 3 is 2.95 bits per heavy atom. The summed E-state index contributed by atoms with van der Waals surface area (Å²) in [5.41, 5.74) is 0.992. The average Bonchev–Trinajstić information content (AvgIpc) is 2.58. The molecule has 19 heavy (non-hydrogen) atoms. The van der Waals surface area contributed by atoms with Crippen molar-refractivity contribution in [1.29, 1.82) is 0 Å². The van der Waals surface area contributed by atoms with Gasteiger partial charge in [0, 0.05) is 19.6 Å². The number of nitrogens with zero attached hydrogens (tertiary/aromatic N) is 2. The molecular weight excluding hydrogens is 262 g/mol. The zero-order valence-electron chi connectivity index (χ0n) is 11.3. The normalized spacial score (nSPS) is 19.1. The summed E-state index contributed by atoms with van der Waals surface area (Å²) in [6, 6.07) is 5.92. The molecule has 0 amide bonds. The van der Waals surface area contributed by atoms with Gasteiger partial charge in [0.05, 0.1) is 17.2 Å². The van der Waals surface area contributed by atoms with Gasteiger partial charge in [0.15, 0.2) is 9.84 Å². The maximum Gasteiger partial charge on any atom is 0.152 e. The van der Waals surface area contributed by atoms with E-state index in [9.17, 15) is 8.42 Å². The summed E-state index contributed by atoms with van der Waals surface area (Å²) >= 11 is 0. The topological polar surface area (TPSA) is 62.3 Å². The summed E-state index contributed by atoms with van der Waals surface area (Å²) in [7, 11) is -2.87. The lowest BCUT2D eigenvalue weighted by molar-refractivity contribution is 0.597. The van der Waals surface area contributed by atoms with Crippen LogP contribution in [0.15, 0.2) is 18.2 Å². The Labute approximate surface area is 114 Å². The van der Waals surface area contributed by atoms with Crippen LogP contribution in [0.1, 0.15) is 19.0 Å². The molecule has 1 saturated heterocycles. The summed E-state index contributed by atoms with van der Waals surface area (Å²) in [5, 5.41) is 3.24. The first-order valence-corrected chi connectivity index (χ1v) is 8.55. The summed E-state index contributed by atoms with van der Waals surface area (Å²) in [6.45, 7) is 5.02. The number of aromatic nitrogens is 1. The van der Waals surface area contributed by atoms with Gasteiger partial charge in [-0.25, -0.2) is 13.4 Å². The van der Waals surface area contributed by atoms with Crippen LogP contribution in [-0.4, -0.2) is 44.5 Å². The molecule has 2 heterocycles. The van der Waals surface area contributed by atoms with E-state index in [1.807, 2.05) is 18.2 Å². The lowest BCUT2D eigenvalue weighted by atomic mass is 10.3. The van der Waals surface area contributed by atoms with Gasteiger partial charge in [0.25, 0.3) is 0 Å². The highest BCUT2D eigenvalue weighted by Crippen LogP contribution is 2.15. The monoisotopic (exact) mass is 283 g/mol. The predicted molar refractivity (Wildman–Crippen MR) is 77.1 cm³/mol. The van der Waals surface area contributed by atoms with Crippen LogP contribution in [0.25, 0.3) is 0 Å². The van der Waals surface area contributed by atoms with Gasteiger partial charge in [-0.2, -0.15) is 0 Å². The molecule has 0 spiro atoms. The maximum atomic E-state index is 11.6. The van der Waals surface area contributed by atoms with E-state index in [1.54, 1.807) is 0 Å². The van der Waals surface area contributed by atoms with E-state index in [0.29, 0.717) is 18.7 Å². The minimum Gasteiger partial charge on any atom is -0.356 e. The fourth-order valence-corrected chi connectivity index (χ4v) is 3.43. The number of nitrogens with one attached hydrogen (secondary N) is 1. The minimum absolute atomic E-state index is 0.228. The van der Waals surface area contributed by atoms with Crippen LogP contribution in [0.5, 0.6) is 0 Å². The molecule has 1 aromatic heterocycles. The van der Waals surface area contributed by atoms with Crippen LogP contribution >= 0.6 is 0 Å². The van der Waals surface area contributed by atoms with E-state index in [4.69, 9.17) is 0 Å². The van der Waals surface area contributed by atoms with Gasteiger partial charge in [-0.05, 0) is 25.1 Å². The first kappa shape index (κ1) is 14.3. The van der Waals surface area contributed by atoms with Gasteiger partial charge < -0.3 is 10.2 Å². The van der Waals surface area contributed by atoms with E-state index in [-0.39, 0.29) is 5.75 Å². The summed E-state index contributed by atoms with van der Waals surface area (Å²) in [5.74, 6) is 1.40. The van der Waals surface area contributed by atoms with Gasteiger partial charge in [-0.3, -0.25) is 0 Å². The maximum absolute atomic E-state index is 11.6. The Hall–Kier alpha value is -1.14. The molecule has 0 saturated carbocycles. The van der Waals surface area contributed by atoms with Gasteiger partial charge in [-0.1, -0.05) is 13.0 Å². The van der Waals surface area contributed by atoms with E-state index in [2.05, 4.69) is 22.1 Å². The molecule has 2 rings (SSSR count). The van der Waals surface area contributed by atoms with Crippen LogP contribution in [-0.2, 0) is 16.4 Å². The predicted octanol–water partition coefficient (Wildman–Crippen LogP) is 0.816. The number of hydrogen-bond donors (Lipinski definition) is 1. The van der Waals surface area contributed by atoms with Crippen molar-refractivity contribution in [1.82, 2.24) is 10.3 Å². The molecule has 0 atom stereocenters. The van der Waals surface area contributed by atoms with Crippen molar-refractivity contribution < 1.29 is 8.42 Å². The SMILES string of the molecule is CCNCc1cccc(N2CCCS(=O)(=O)CC2)n1. The number of hydrogen-bond acceptors (Lipinski definition) is 5. The van der Waals surface area contributed by atoms with Crippen LogP contribution in [0.2, 0.25) is 0 Å². The molecule has 1 aliphatic rings. The number of anilines is 1. The lowest BCUT2D eigenvalue weighted by Gasteiger charge is -2.21. The Bertz CT molecular complexity index is 516. The van der Waals surface area contributed by atoms with Crippen molar-refractivity contribution in [2.75, 3.05) is 36.0 Å². The van der Waals surface area contributed by atoms with Crippen molar-refractivity contribution >= 4 is 15.7 Å². The van der Waals surface area contributed by atoms with Crippen LogP contribution < -0.4 is 10.2 Å². The molecule has 0 bridgehead atoms. The Morgan fingerprint density at radius 1 is 1.32 bits per heavy atom. The standard InChI is InChI=1S/C13H21N3O2S/c1-2-14-11-12-5-3-6-13(15-12)16-7-4-9-19(17,18)10-8-16/h3,5-6,14H,2,4,7-11H2,1H3. The number of rotatable bonds is 4. The first-order valence-electron chi connectivity index (χ1n) is 6.73. The molecule has 0 radical (unpaired) electrons. The zero-order chi connectivity index (χ0) is 13.7. The van der Waals surface area contributed by atoms with Crippen molar-refractivity contribution in [2.45, 2.75) is 19.9 Å². The Kier molecular flexibility index (Phi) is 4.76. The second kappa shape index (κ2) is 6.34. The fourth-order valence-electron chi connectivity index (χ4n) is 2.16. The molecule has 6 heteroatoms. The van der Waals surface area contributed by atoms with Crippen molar-refractivity contribution in [3.05, 3.63) is 23.9 Å². The van der Waals surface area contributed by atoms with Crippen LogP contribution in [0.3, 0.4) is 0 Å². The molecule has 0 aliphatic carbocycles. The molecule has 1 aliphatic heterocycles. The second-order valence-corrected chi connectivity index (χ2v) is 7.06. The highest BCUT2D eigenvalue weighted by atomic mass is 32.2. The van der Waals surface area contributed by atoms with Gasteiger partial charge in [0.2, 0.25) is 0 Å². The largest absolute Gasteiger partial charge is 0.356 e. The Morgan fingerprint density at radius 2 is 2.16 bits per heavy atom. The van der Waals surface area contributed by atoms with E-state index in [0.717, 1.165) is 31.1 Å². The van der Waals surface area contributed by atoms with Gasteiger partial charge in [-0.15, -0.1) is 0 Å². The molecular formula is C13H21N3O2S.